The molecule has 1 unspecified atom stereocenters. The molecule has 0 aromatic heterocycles. The van der Waals surface area contributed by atoms with E-state index in [-0.39, 0.29) is 0 Å². The lowest BCUT2D eigenvalue weighted by atomic mass is 10.4. The highest BCUT2D eigenvalue weighted by Crippen LogP contribution is 2.11. The van der Waals surface area contributed by atoms with E-state index in [1.807, 2.05) is 0 Å². The molecule has 1 N–H and O–H groups in total. The molecule has 0 aliphatic rings. The van der Waals surface area contributed by atoms with Crippen LogP contribution in [0.2, 0.25) is 0 Å². The Labute approximate surface area is 50.8 Å². The average Bonchev–Trinajstić information content (AvgIpc) is 1.69. The molecule has 0 aliphatic heterocycles. The Kier molecular flexibility index (Phi) is 7.45. The van der Waals surface area contributed by atoms with Crippen molar-refractivity contribution < 1.29 is 5.11 Å². The number of aliphatic hydroxyl groups is 1. The van der Waals surface area contributed by atoms with E-state index in [9.17, 15) is 0 Å². The van der Waals surface area contributed by atoms with Crippen molar-refractivity contribution in [3.63, 3.8) is 0 Å². The molecular weight excluding hydrogens is 127 g/mol. The summed E-state index contributed by atoms with van der Waals surface area (Å²) in [4.78, 5) is 0. The minimum Gasteiger partial charge on any atom is -0.396 e. The van der Waals surface area contributed by atoms with Crippen molar-refractivity contribution in [1.82, 2.24) is 0 Å². The van der Waals surface area contributed by atoms with Crippen molar-refractivity contribution in [3.05, 3.63) is 0 Å². The third kappa shape index (κ3) is 6.74. The van der Waals surface area contributed by atoms with E-state index in [0.717, 1.165) is 18.6 Å². The fourth-order valence-electron chi connectivity index (χ4n) is 0.297. The highest BCUT2D eigenvalue weighted by atomic mass is 32.7. The zero-order chi connectivity index (χ0) is 5.54. The van der Waals surface area contributed by atoms with Crippen LogP contribution >= 0.6 is 19.8 Å². The Morgan fingerprint density at radius 2 is 2.14 bits per heavy atom. The van der Waals surface area contributed by atoms with Gasteiger partial charge in [-0.25, -0.2) is 0 Å². The number of hydrogen-bond donors (Lipinski definition) is 1. The lowest BCUT2D eigenvalue weighted by Gasteiger charge is -1.90. The second-order valence-corrected chi connectivity index (χ2v) is 3.04. The minimum atomic E-state index is 0.339. The average molecular weight is 138 g/mol. The Hall–Kier alpha value is 0.740. The molecule has 0 spiro atoms. The van der Waals surface area contributed by atoms with Gasteiger partial charge in [0.25, 0.3) is 0 Å². The van der Waals surface area contributed by atoms with E-state index in [1.54, 1.807) is 11.4 Å². The van der Waals surface area contributed by atoms with Gasteiger partial charge >= 0.3 is 0 Å². The summed E-state index contributed by atoms with van der Waals surface area (Å²) in [7, 11) is 2.58. The van der Waals surface area contributed by atoms with Gasteiger partial charge in [-0.3, -0.25) is 0 Å². The predicted molar refractivity (Wildman–Crippen MR) is 38.5 cm³/mol. The van der Waals surface area contributed by atoms with E-state index in [2.05, 4.69) is 8.44 Å². The summed E-state index contributed by atoms with van der Waals surface area (Å²) in [6.45, 7) is 0.339. The first-order chi connectivity index (χ1) is 3.41. The Morgan fingerprint density at radius 3 is 2.57 bits per heavy atom. The summed E-state index contributed by atoms with van der Waals surface area (Å²) in [5, 5.41) is 8.28. The van der Waals surface area contributed by atoms with Gasteiger partial charge < -0.3 is 5.11 Å². The summed E-state index contributed by atoms with van der Waals surface area (Å²) in [6.07, 6.45) is 2.08. The van der Waals surface area contributed by atoms with E-state index in [0.29, 0.717) is 6.61 Å². The zero-order valence-electron chi connectivity index (χ0n) is 4.26. The summed E-state index contributed by atoms with van der Waals surface area (Å²) < 4.78 is 0. The second-order valence-electron chi connectivity index (χ2n) is 1.30. The van der Waals surface area contributed by atoms with Crippen LogP contribution in [0.5, 0.6) is 0 Å². The molecule has 1 atom stereocenters. The van der Waals surface area contributed by atoms with Gasteiger partial charge in [0.2, 0.25) is 0 Å². The maximum atomic E-state index is 8.28. The molecule has 0 fully saturated rings. The molecule has 0 aromatic carbocycles. The van der Waals surface area contributed by atoms with Crippen molar-refractivity contribution >= 4 is 19.8 Å². The molecule has 0 rings (SSSR count). The lowest BCUT2D eigenvalue weighted by Crippen LogP contribution is -1.82. The van der Waals surface area contributed by atoms with E-state index < -0.39 is 0 Å². The standard InChI is InChI=1S/C4H11OPS/c5-3-1-2-4-7-6/h5H,1-4,6H2. The molecule has 0 aliphatic carbocycles. The van der Waals surface area contributed by atoms with Crippen molar-refractivity contribution in [3.8, 4) is 0 Å². The van der Waals surface area contributed by atoms with Crippen LogP contribution in [0.3, 0.4) is 0 Å². The first-order valence-electron chi connectivity index (χ1n) is 2.34. The first-order valence-corrected chi connectivity index (χ1v) is 4.80. The number of hydrogen-bond acceptors (Lipinski definition) is 2. The van der Waals surface area contributed by atoms with Crippen LogP contribution in [0.15, 0.2) is 0 Å². The fraction of sp³-hybridized carbons (Fsp3) is 1.00. The Bertz CT molecular complexity index is 30.9. The van der Waals surface area contributed by atoms with Gasteiger partial charge in [-0.15, -0.1) is 11.4 Å². The maximum absolute atomic E-state index is 8.28. The monoisotopic (exact) mass is 138 g/mol. The van der Waals surface area contributed by atoms with Gasteiger partial charge in [-0.1, -0.05) is 8.44 Å². The summed E-state index contributed by atoms with van der Waals surface area (Å²) in [5.74, 6) is 1.14. The molecule has 0 radical (unpaired) electrons. The number of aliphatic hydroxyl groups excluding tert-OH is 1. The summed E-state index contributed by atoms with van der Waals surface area (Å²) >= 11 is 1.75. The molecule has 0 saturated heterocycles. The van der Waals surface area contributed by atoms with Gasteiger partial charge in [-0.05, 0) is 18.6 Å². The molecule has 0 aromatic rings. The van der Waals surface area contributed by atoms with E-state index >= 15 is 0 Å². The smallest absolute Gasteiger partial charge is 0.0431 e. The molecule has 0 saturated carbocycles. The molecule has 1 nitrogen and oxygen atoms in total. The third-order valence-electron chi connectivity index (χ3n) is 0.670. The normalized spacial score (nSPS) is 9.43. The van der Waals surface area contributed by atoms with Gasteiger partial charge in [0, 0.05) is 6.61 Å². The van der Waals surface area contributed by atoms with Crippen LogP contribution in [0.1, 0.15) is 12.8 Å². The predicted octanol–water partition coefficient (Wildman–Crippen LogP) is 1.28. The molecule has 7 heavy (non-hydrogen) atoms. The summed E-state index contributed by atoms with van der Waals surface area (Å²) in [5.41, 5.74) is 0. The zero-order valence-corrected chi connectivity index (χ0v) is 6.23. The lowest BCUT2D eigenvalue weighted by molar-refractivity contribution is 0.287. The van der Waals surface area contributed by atoms with Gasteiger partial charge in [-0.2, -0.15) is 0 Å². The van der Waals surface area contributed by atoms with Crippen LogP contribution in [-0.4, -0.2) is 17.5 Å². The quantitative estimate of drug-likeness (QED) is 0.466. The third-order valence-corrected chi connectivity index (χ3v) is 1.90. The van der Waals surface area contributed by atoms with E-state index in [4.69, 9.17) is 5.11 Å². The fourth-order valence-corrected chi connectivity index (χ4v) is 1.17. The largest absolute Gasteiger partial charge is 0.396 e. The highest BCUT2D eigenvalue weighted by Gasteiger charge is 1.81. The maximum Gasteiger partial charge on any atom is 0.0431 e. The van der Waals surface area contributed by atoms with Gasteiger partial charge in [0.1, 0.15) is 0 Å². The molecular formula is C4H11OPS. The number of unbranched alkanes of at least 4 members (excludes halogenated alkanes) is 1. The first kappa shape index (κ1) is 7.74. The molecule has 44 valence electrons. The van der Waals surface area contributed by atoms with Crippen LogP contribution in [0.4, 0.5) is 0 Å². The van der Waals surface area contributed by atoms with Crippen molar-refractivity contribution in [1.29, 1.82) is 0 Å². The second kappa shape index (κ2) is 6.74. The summed E-state index contributed by atoms with van der Waals surface area (Å²) in [6, 6.07) is 0. The van der Waals surface area contributed by atoms with Crippen molar-refractivity contribution in [2.24, 2.45) is 0 Å². The van der Waals surface area contributed by atoms with Gasteiger partial charge in [0.05, 0.1) is 0 Å². The molecule has 3 heteroatoms. The molecule has 0 heterocycles. The van der Waals surface area contributed by atoms with Crippen molar-refractivity contribution in [2.45, 2.75) is 12.8 Å². The molecule has 0 amide bonds. The Morgan fingerprint density at radius 1 is 1.43 bits per heavy atom. The van der Waals surface area contributed by atoms with E-state index in [1.165, 1.54) is 0 Å². The SMILES string of the molecule is OCCCCSP. The highest BCUT2D eigenvalue weighted by molar-refractivity contribution is 8.43. The van der Waals surface area contributed by atoms with Crippen LogP contribution in [0, 0.1) is 0 Å². The number of rotatable bonds is 4. The minimum absolute atomic E-state index is 0.339. The van der Waals surface area contributed by atoms with Crippen molar-refractivity contribution in [2.75, 3.05) is 12.4 Å². The Balaban J connectivity index is 2.45. The van der Waals surface area contributed by atoms with Gasteiger partial charge in [0.15, 0.2) is 0 Å². The molecule has 0 bridgehead atoms. The van der Waals surface area contributed by atoms with Crippen LogP contribution in [0.25, 0.3) is 0 Å². The van der Waals surface area contributed by atoms with Crippen LogP contribution in [-0.2, 0) is 0 Å². The topological polar surface area (TPSA) is 20.2 Å². The van der Waals surface area contributed by atoms with Crippen LogP contribution < -0.4 is 0 Å².